The second-order valence-corrected chi connectivity index (χ2v) is 3.97. The standard InChI is InChI=1S/C14H11N3O2/c1-9-2-3-11(8-15)13(16-9)17-12-6-4-10(5-7-12)14(18)19/h2-7H,1H3,(H,16,17)(H,18,19). The third kappa shape index (κ3) is 2.87. The molecule has 0 saturated heterocycles. The molecule has 94 valence electrons. The first-order valence-corrected chi connectivity index (χ1v) is 5.58. The van der Waals surface area contributed by atoms with Crippen LogP contribution in [0.4, 0.5) is 11.5 Å². The molecule has 0 fully saturated rings. The van der Waals surface area contributed by atoms with Crippen molar-refractivity contribution < 1.29 is 9.90 Å². The van der Waals surface area contributed by atoms with E-state index in [-0.39, 0.29) is 5.56 Å². The van der Waals surface area contributed by atoms with Crippen LogP contribution in [-0.4, -0.2) is 16.1 Å². The summed E-state index contributed by atoms with van der Waals surface area (Å²) in [6, 6.07) is 11.8. The van der Waals surface area contributed by atoms with Crippen LogP contribution in [0.1, 0.15) is 21.6 Å². The molecule has 0 saturated carbocycles. The Labute approximate surface area is 110 Å². The fourth-order valence-corrected chi connectivity index (χ4v) is 1.58. The van der Waals surface area contributed by atoms with Crippen molar-refractivity contribution in [1.82, 2.24) is 4.98 Å². The number of aryl methyl sites for hydroxylation is 1. The molecule has 0 amide bonds. The maximum Gasteiger partial charge on any atom is 0.335 e. The lowest BCUT2D eigenvalue weighted by Gasteiger charge is -2.08. The fraction of sp³-hybridized carbons (Fsp3) is 0.0714. The Kier molecular flexibility index (Phi) is 3.44. The molecule has 5 nitrogen and oxygen atoms in total. The number of nitrogens with one attached hydrogen (secondary N) is 1. The van der Waals surface area contributed by atoms with Gasteiger partial charge in [-0.3, -0.25) is 0 Å². The van der Waals surface area contributed by atoms with Crippen LogP contribution in [0.5, 0.6) is 0 Å². The first kappa shape index (κ1) is 12.6. The van der Waals surface area contributed by atoms with E-state index in [2.05, 4.69) is 16.4 Å². The molecule has 0 spiro atoms. The Hall–Kier alpha value is -2.87. The van der Waals surface area contributed by atoms with Gasteiger partial charge in [0.05, 0.1) is 11.1 Å². The lowest BCUT2D eigenvalue weighted by atomic mass is 10.2. The van der Waals surface area contributed by atoms with Crippen molar-refractivity contribution in [2.45, 2.75) is 6.92 Å². The summed E-state index contributed by atoms with van der Waals surface area (Å²) in [7, 11) is 0. The predicted octanol–water partition coefficient (Wildman–Crippen LogP) is 2.70. The lowest BCUT2D eigenvalue weighted by Crippen LogP contribution is -2.00. The number of rotatable bonds is 3. The molecule has 2 aromatic rings. The van der Waals surface area contributed by atoms with E-state index in [1.807, 2.05) is 6.92 Å². The maximum absolute atomic E-state index is 10.7. The number of carboxylic acid groups (broad SMARTS) is 1. The first-order valence-electron chi connectivity index (χ1n) is 5.58. The van der Waals surface area contributed by atoms with Gasteiger partial charge in [-0.1, -0.05) is 0 Å². The highest BCUT2D eigenvalue weighted by Gasteiger charge is 2.06. The number of nitrogens with zero attached hydrogens (tertiary/aromatic N) is 2. The lowest BCUT2D eigenvalue weighted by molar-refractivity contribution is 0.0697. The van der Waals surface area contributed by atoms with Gasteiger partial charge in [0, 0.05) is 11.4 Å². The van der Waals surface area contributed by atoms with E-state index >= 15 is 0 Å². The highest BCUT2D eigenvalue weighted by atomic mass is 16.4. The number of hydrogen-bond acceptors (Lipinski definition) is 4. The molecule has 0 aliphatic carbocycles. The maximum atomic E-state index is 10.7. The highest BCUT2D eigenvalue weighted by molar-refractivity contribution is 5.88. The zero-order chi connectivity index (χ0) is 13.8. The summed E-state index contributed by atoms with van der Waals surface area (Å²) < 4.78 is 0. The van der Waals surface area contributed by atoms with Gasteiger partial charge in [0.15, 0.2) is 0 Å². The van der Waals surface area contributed by atoms with Crippen molar-refractivity contribution >= 4 is 17.5 Å². The summed E-state index contributed by atoms with van der Waals surface area (Å²) in [6.07, 6.45) is 0. The molecule has 0 aliphatic heterocycles. The van der Waals surface area contributed by atoms with Crippen LogP contribution in [0.15, 0.2) is 36.4 Å². The molecule has 0 radical (unpaired) electrons. The Morgan fingerprint density at radius 3 is 2.53 bits per heavy atom. The molecule has 19 heavy (non-hydrogen) atoms. The van der Waals surface area contributed by atoms with Crippen molar-refractivity contribution in [3.05, 3.63) is 53.2 Å². The van der Waals surface area contributed by atoms with Crippen LogP contribution in [0, 0.1) is 18.3 Å². The number of pyridine rings is 1. The Morgan fingerprint density at radius 2 is 1.95 bits per heavy atom. The zero-order valence-corrected chi connectivity index (χ0v) is 10.2. The summed E-state index contributed by atoms with van der Waals surface area (Å²) in [4.78, 5) is 15.0. The van der Waals surface area contributed by atoms with Gasteiger partial charge in [0.1, 0.15) is 11.9 Å². The smallest absolute Gasteiger partial charge is 0.335 e. The molecule has 0 aliphatic rings. The van der Waals surface area contributed by atoms with Gasteiger partial charge in [0.2, 0.25) is 0 Å². The van der Waals surface area contributed by atoms with Gasteiger partial charge >= 0.3 is 5.97 Å². The Balaban J connectivity index is 2.28. The molecule has 0 atom stereocenters. The number of carboxylic acids is 1. The number of carbonyl (C=O) groups is 1. The minimum Gasteiger partial charge on any atom is -0.478 e. The monoisotopic (exact) mass is 253 g/mol. The third-order valence-corrected chi connectivity index (χ3v) is 2.55. The van der Waals surface area contributed by atoms with E-state index < -0.39 is 5.97 Å². The first-order chi connectivity index (χ1) is 9.10. The average Bonchev–Trinajstić information content (AvgIpc) is 2.39. The van der Waals surface area contributed by atoms with Crippen molar-refractivity contribution in [3.8, 4) is 6.07 Å². The van der Waals surface area contributed by atoms with Crippen LogP contribution in [0.3, 0.4) is 0 Å². The molecule has 0 unspecified atom stereocenters. The van der Waals surface area contributed by atoms with Gasteiger partial charge in [-0.25, -0.2) is 9.78 Å². The van der Waals surface area contributed by atoms with Gasteiger partial charge in [0.25, 0.3) is 0 Å². The van der Waals surface area contributed by atoms with Crippen LogP contribution in [-0.2, 0) is 0 Å². The molecule has 0 bridgehead atoms. The second-order valence-electron chi connectivity index (χ2n) is 3.97. The van der Waals surface area contributed by atoms with Crippen LogP contribution < -0.4 is 5.32 Å². The topological polar surface area (TPSA) is 86.0 Å². The summed E-state index contributed by atoms with van der Waals surface area (Å²) in [5, 5.41) is 20.8. The van der Waals surface area contributed by atoms with Crippen LogP contribution in [0.25, 0.3) is 0 Å². The molecular weight excluding hydrogens is 242 g/mol. The zero-order valence-electron chi connectivity index (χ0n) is 10.2. The predicted molar refractivity (Wildman–Crippen MR) is 70.4 cm³/mol. The SMILES string of the molecule is Cc1ccc(C#N)c(Nc2ccc(C(=O)O)cc2)n1. The van der Waals surface area contributed by atoms with Crippen molar-refractivity contribution in [2.24, 2.45) is 0 Å². The number of nitriles is 1. The number of aromatic carboxylic acids is 1. The van der Waals surface area contributed by atoms with Gasteiger partial charge < -0.3 is 10.4 Å². The van der Waals surface area contributed by atoms with E-state index in [4.69, 9.17) is 10.4 Å². The van der Waals surface area contributed by atoms with Crippen molar-refractivity contribution in [2.75, 3.05) is 5.32 Å². The molecule has 2 N–H and O–H groups in total. The van der Waals surface area contributed by atoms with Crippen molar-refractivity contribution in [1.29, 1.82) is 5.26 Å². The third-order valence-electron chi connectivity index (χ3n) is 2.55. The largest absolute Gasteiger partial charge is 0.478 e. The molecule has 2 rings (SSSR count). The highest BCUT2D eigenvalue weighted by Crippen LogP contribution is 2.19. The average molecular weight is 253 g/mol. The van der Waals surface area contributed by atoms with Gasteiger partial charge in [-0.15, -0.1) is 0 Å². The Morgan fingerprint density at radius 1 is 1.26 bits per heavy atom. The normalized spacial score (nSPS) is 9.68. The summed E-state index contributed by atoms with van der Waals surface area (Å²) in [6.45, 7) is 1.83. The minimum atomic E-state index is -0.974. The van der Waals surface area contributed by atoms with Gasteiger partial charge in [-0.2, -0.15) is 5.26 Å². The van der Waals surface area contributed by atoms with E-state index in [0.29, 0.717) is 17.1 Å². The van der Waals surface area contributed by atoms with Crippen molar-refractivity contribution in [3.63, 3.8) is 0 Å². The van der Waals surface area contributed by atoms with E-state index in [1.165, 1.54) is 12.1 Å². The number of benzene rings is 1. The van der Waals surface area contributed by atoms with Crippen LogP contribution in [0.2, 0.25) is 0 Å². The molecule has 1 aromatic carbocycles. The van der Waals surface area contributed by atoms with E-state index in [1.54, 1.807) is 24.3 Å². The number of hydrogen-bond donors (Lipinski definition) is 2. The number of aromatic nitrogens is 1. The number of anilines is 2. The van der Waals surface area contributed by atoms with E-state index in [9.17, 15) is 4.79 Å². The quantitative estimate of drug-likeness (QED) is 0.878. The summed E-state index contributed by atoms with van der Waals surface area (Å²) >= 11 is 0. The molecular formula is C14H11N3O2. The second kappa shape index (κ2) is 5.19. The fourth-order valence-electron chi connectivity index (χ4n) is 1.58. The molecule has 1 aromatic heterocycles. The Bertz CT molecular complexity index is 657. The minimum absolute atomic E-state index is 0.211. The molecule has 1 heterocycles. The summed E-state index contributed by atoms with van der Waals surface area (Å²) in [5.74, 6) is -0.511. The van der Waals surface area contributed by atoms with E-state index in [0.717, 1.165) is 5.69 Å². The molecule has 5 heteroatoms. The summed E-state index contributed by atoms with van der Waals surface area (Å²) in [5.41, 5.74) is 2.12. The van der Waals surface area contributed by atoms with Gasteiger partial charge in [-0.05, 0) is 43.3 Å². The van der Waals surface area contributed by atoms with Crippen LogP contribution >= 0.6 is 0 Å².